The summed E-state index contributed by atoms with van der Waals surface area (Å²) in [6.45, 7) is 0. The van der Waals surface area contributed by atoms with Crippen molar-refractivity contribution in [3.05, 3.63) is 24.3 Å². The molecule has 0 amide bonds. The summed E-state index contributed by atoms with van der Waals surface area (Å²) < 4.78 is 0. The smallest absolute Gasteiger partial charge is 0.142 e. The summed E-state index contributed by atoms with van der Waals surface area (Å²) in [6.07, 6.45) is 0. The van der Waals surface area contributed by atoms with Gasteiger partial charge in [0, 0.05) is 0 Å². The number of phenols is 1. The SMILES string of the molecule is Oc1ccccc1N[PH3+]. The zero-order chi connectivity index (χ0) is 6.69. The van der Waals surface area contributed by atoms with Gasteiger partial charge in [0.25, 0.3) is 0 Å². The van der Waals surface area contributed by atoms with E-state index in [0.717, 1.165) is 5.69 Å². The number of nitrogens with one attached hydrogen (secondary N) is 1. The molecule has 1 rings (SSSR count). The zero-order valence-corrected chi connectivity index (χ0v) is 6.38. The van der Waals surface area contributed by atoms with Crippen molar-refractivity contribution in [2.45, 2.75) is 0 Å². The third-order valence-electron chi connectivity index (χ3n) is 1.09. The molecule has 1 unspecified atom stereocenters. The first-order valence-electron chi connectivity index (χ1n) is 2.65. The monoisotopic (exact) mass is 142 g/mol. The molecule has 9 heavy (non-hydrogen) atoms. The van der Waals surface area contributed by atoms with Crippen molar-refractivity contribution >= 4 is 15.1 Å². The predicted molar refractivity (Wildman–Crippen MR) is 42.8 cm³/mol. The van der Waals surface area contributed by atoms with E-state index in [0.29, 0.717) is 5.75 Å². The van der Waals surface area contributed by atoms with E-state index in [4.69, 9.17) is 5.11 Å². The van der Waals surface area contributed by atoms with E-state index in [9.17, 15) is 0 Å². The van der Waals surface area contributed by atoms with Gasteiger partial charge in [-0.25, -0.2) is 0 Å². The molecule has 0 aliphatic rings. The first kappa shape index (κ1) is 6.37. The number of para-hydroxylation sites is 2. The topological polar surface area (TPSA) is 32.3 Å². The van der Waals surface area contributed by atoms with E-state index in [1.54, 1.807) is 21.5 Å². The summed E-state index contributed by atoms with van der Waals surface area (Å²) in [5.74, 6) is 0.299. The van der Waals surface area contributed by atoms with Crippen LogP contribution in [0.2, 0.25) is 0 Å². The number of rotatable bonds is 1. The van der Waals surface area contributed by atoms with Gasteiger partial charge >= 0.3 is 0 Å². The Morgan fingerprint density at radius 3 is 2.44 bits per heavy atom. The fraction of sp³-hybridized carbons (Fsp3) is 0. The van der Waals surface area contributed by atoms with Crippen molar-refractivity contribution in [1.29, 1.82) is 0 Å². The molecular formula is C6H9NOP+. The molecule has 1 aromatic carbocycles. The number of aromatic hydroxyl groups is 1. The molecule has 0 saturated carbocycles. The number of phenolic OH excluding ortho intramolecular Hbond substituents is 1. The van der Waals surface area contributed by atoms with Gasteiger partial charge in [-0.15, -0.1) is 0 Å². The van der Waals surface area contributed by atoms with Gasteiger partial charge in [-0.05, 0) is 12.1 Å². The zero-order valence-electron chi connectivity index (χ0n) is 4.96. The Morgan fingerprint density at radius 2 is 2.00 bits per heavy atom. The van der Waals surface area contributed by atoms with E-state index in [1.807, 2.05) is 12.1 Å². The molecule has 2 N–H and O–H groups in total. The summed E-state index contributed by atoms with van der Waals surface area (Å²) in [5.41, 5.74) is 0.774. The number of benzene rings is 1. The molecule has 0 bridgehead atoms. The van der Waals surface area contributed by atoms with Crippen molar-refractivity contribution in [2.75, 3.05) is 5.09 Å². The normalized spacial score (nSPS) is 9.33. The van der Waals surface area contributed by atoms with E-state index in [-0.39, 0.29) is 0 Å². The highest BCUT2D eigenvalue weighted by Gasteiger charge is 1.94. The van der Waals surface area contributed by atoms with Gasteiger partial charge in [0.05, 0.1) is 9.39 Å². The molecular weight excluding hydrogens is 133 g/mol. The van der Waals surface area contributed by atoms with Gasteiger partial charge in [-0.2, -0.15) is 0 Å². The van der Waals surface area contributed by atoms with Crippen LogP contribution >= 0.6 is 9.39 Å². The first-order valence-corrected chi connectivity index (χ1v) is 3.36. The minimum Gasteiger partial charge on any atom is -0.506 e. The lowest BCUT2D eigenvalue weighted by Crippen LogP contribution is -1.77. The van der Waals surface area contributed by atoms with E-state index in [2.05, 4.69) is 5.09 Å². The van der Waals surface area contributed by atoms with E-state index in [1.165, 1.54) is 0 Å². The maximum absolute atomic E-state index is 9.05. The molecule has 0 fully saturated rings. The van der Waals surface area contributed by atoms with Crippen LogP contribution in [0, 0.1) is 0 Å². The number of anilines is 1. The fourth-order valence-corrected chi connectivity index (χ4v) is 0.922. The molecule has 3 heteroatoms. The van der Waals surface area contributed by atoms with Crippen molar-refractivity contribution < 1.29 is 5.11 Å². The molecule has 1 aromatic rings. The summed E-state index contributed by atoms with van der Waals surface area (Å²) in [4.78, 5) is 0. The van der Waals surface area contributed by atoms with Crippen molar-refractivity contribution in [3.8, 4) is 5.75 Å². The second-order valence-electron chi connectivity index (χ2n) is 1.69. The molecule has 0 aromatic heterocycles. The van der Waals surface area contributed by atoms with Gasteiger partial charge in [-0.3, -0.25) is 5.09 Å². The van der Waals surface area contributed by atoms with Gasteiger partial charge in [0.15, 0.2) is 0 Å². The van der Waals surface area contributed by atoms with Crippen LogP contribution in [0.3, 0.4) is 0 Å². The van der Waals surface area contributed by atoms with Gasteiger partial charge in [0.2, 0.25) is 0 Å². The summed E-state index contributed by atoms with van der Waals surface area (Å²) in [5, 5.41) is 11.9. The lowest BCUT2D eigenvalue weighted by atomic mass is 10.3. The minimum absolute atomic E-state index is 0.299. The Bertz CT molecular complexity index is 202. The Labute approximate surface area is 56.2 Å². The van der Waals surface area contributed by atoms with Gasteiger partial charge < -0.3 is 5.11 Å². The van der Waals surface area contributed by atoms with Crippen molar-refractivity contribution in [3.63, 3.8) is 0 Å². The largest absolute Gasteiger partial charge is 0.506 e. The van der Waals surface area contributed by atoms with Crippen LogP contribution < -0.4 is 5.09 Å². The predicted octanol–water partition coefficient (Wildman–Crippen LogP) is 1.33. The van der Waals surface area contributed by atoms with Crippen LogP contribution in [0.1, 0.15) is 0 Å². The molecule has 0 spiro atoms. The lowest BCUT2D eigenvalue weighted by Gasteiger charge is -1.96. The van der Waals surface area contributed by atoms with Crippen LogP contribution in [-0.4, -0.2) is 5.11 Å². The summed E-state index contributed by atoms with van der Waals surface area (Å²) in [6, 6.07) is 7.13. The van der Waals surface area contributed by atoms with Crippen molar-refractivity contribution in [2.24, 2.45) is 0 Å². The first-order chi connectivity index (χ1) is 4.34. The second-order valence-corrected chi connectivity index (χ2v) is 2.05. The van der Waals surface area contributed by atoms with Crippen LogP contribution in [0.4, 0.5) is 5.69 Å². The molecule has 0 heterocycles. The summed E-state index contributed by atoms with van der Waals surface area (Å²) >= 11 is 0. The average Bonchev–Trinajstić information content (AvgIpc) is 1.89. The highest BCUT2D eigenvalue weighted by atomic mass is 31.0. The van der Waals surface area contributed by atoms with Gasteiger partial charge in [-0.1, -0.05) is 12.1 Å². The minimum atomic E-state index is 0.299. The third-order valence-corrected chi connectivity index (χ3v) is 1.48. The lowest BCUT2D eigenvalue weighted by molar-refractivity contribution is 0.478. The highest BCUT2D eigenvalue weighted by molar-refractivity contribution is 7.18. The molecule has 0 aliphatic carbocycles. The third kappa shape index (κ3) is 1.33. The average molecular weight is 142 g/mol. The molecule has 0 saturated heterocycles. The second kappa shape index (κ2) is 2.70. The molecule has 1 atom stereocenters. The Kier molecular flexibility index (Phi) is 1.91. The molecule has 48 valence electrons. The standard InChI is InChI=1S/C6H8NOP/c8-6-4-2-1-3-5(6)7-9/h1-4,7-8H,9H2/p+1. The van der Waals surface area contributed by atoms with Crippen LogP contribution in [0.15, 0.2) is 24.3 Å². The fourth-order valence-electron chi connectivity index (χ4n) is 0.623. The Morgan fingerprint density at radius 1 is 1.33 bits per heavy atom. The van der Waals surface area contributed by atoms with Gasteiger partial charge in [0.1, 0.15) is 11.4 Å². The molecule has 0 radical (unpaired) electrons. The van der Waals surface area contributed by atoms with E-state index < -0.39 is 0 Å². The van der Waals surface area contributed by atoms with Crippen LogP contribution in [-0.2, 0) is 0 Å². The number of hydrogen-bond donors (Lipinski definition) is 2. The molecule has 2 nitrogen and oxygen atoms in total. The molecule has 0 aliphatic heterocycles. The highest BCUT2D eigenvalue weighted by Crippen LogP contribution is 2.22. The number of hydrogen-bond acceptors (Lipinski definition) is 2. The van der Waals surface area contributed by atoms with Crippen molar-refractivity contribution in [1.82, 2.24) is 0 Å². The Hall–Kier alpha value is -0.750. The summed E-state index contributed by atoms with van der Waals surface area (Å²) in [7, 11) is 1.59. The van der Waals surface area contributed by atoms with Crippen LogP contribution in [0.5, 0.6) is 5.75 Å². The maximum Gasteiger partial charge on any atom is 0.142 e. The maximum atomic E-state index is 9.05. The van der Waals surface area contributed by atoms with Crippen LogP contribution in [0.25, 0.3) is 0 Å². The van der Waals surface area contributed by atoms with E-state index >= 15 is 0 Å². The quantitative estimate of drug-likeness (QED) is 0.458. The Balaban J connectivity index is 3.01.